The van der Waals surface area contributed by atoms with Crippen LogP contribution in [0, 0.1) is 0 Å². The molecule has 4 aromatic carbocycles. The number of amides is 2. The Labute approximate surface area is 257 Å². The molecule has 0 spiro atoms. The highest BCUT2D eigenvalue weighted by atomic mass is 32.2. The van der Waals surface area contributed by atoms with E-state index in [4.69, 9.17) is 0 Å². The van der Waals surface area contributed by atoms with Crippen LogP contribution in [0.25, 0.3) is 11.1 Å². The van der Waals surface area contributed by atoms with Crippen LogP contribution in [0.3, 0.4) is 0 Å². The fourth-order valence-corrected chi connectivity index (χ4v) is 7.47. The molecular weight excluding hydrogens is 575 g/mol. The lowest BCUT2D eigenvalue weighted by atomic mass is 9.95. The van der Waals surface area contributed by atoms with Gasteiger partial charge < -0.3 is 10.2 Å². The van der Waals surface area contributed by atoms with Crippen LogP contribution < -0.4 is 14.9 Å². The van der Waals surface area contributed by atoms with Crippen LogP contribution in [0.1, 0.15) is 27.1 Å². The average Bonchev–Trinajstić information content (AvgIpc) is 3.53. The fourth-order valence-electron chi connectivity index (χ4n) is 5.60. The van der Waals surface area contributed by atoms with Gasteiger partial charge >= 0.3 is 6.03 Å². The van der Waals surface area contributed by atoms with Crippen molar-refractivity contribution in [3.05, 3.63) is 142 Å². The summed E-state index contributed by atoms with van der Waals surface area (Å²) in [6, 6.07) is 35.2. The molecule has 0 radical (unpaired) electrons. The van der Waals surface area contributed by atoms with Crippen molar-refractivity contribution in [3.8, 4) is 11.1 Å². The van der Waals surface area contributed by atoms with Gasteiger partial charge in [0.1, 0.15) is 0 Å². The summed E-state index contributed by atoms with van der Waals surface area (Å²) in [5.74, 6) is 0. The van der Waals surface area contributed by atoms with Crippen LogP contribution >= 0.6 is 11.3 Å². The van der Waals surface area contributed by atoms with Gasteiger partial charge in [-0.1, -0.05) is 91.0 Å². The first kappa shape index (κ1) is 28.7. The number of carbonyl (C=O) groups excluding carboxylic acids is 1. The van der Waals surface area contributed by atoms with Gasteiger partial charge in [0, 0.05) is 35.8 Å². The number of nitrogens with zero attached hydrogens (tertiary/aromatic N) is 1. The molecule has 6 rings (SSSR count). The number of nitrogens with one attached hydrogen (secondary N) is 2. The Morgan fingerprint density at radius 1 is 0.767 bits per heavy atom. The minimum absolute atomic E-state index is 0.0606. The fraction of sp³-hybridized carbons (Fsp3) is 0.171. The third-order valence-electron chi connectivity index (χ3n) is 7.75. The molecule has 0 aliphatic carbocycles. The molecule has 2 N–H and O–H groups in total. The highest BCUT2D eigenvalue weighted by Gasteiger charge is 2.22. The van der Waals surface area contributed by atoms with E-state index >= 15 is 0 Å². The first-order valence-electron chi connectivity index (χ1n) is 14.4. The molecule has 0 atom stereocenters. The van der Waals surface area contributed by atoms with Gasteiger partial charge in [-0.2, -0.15) is 0 Å². The van der Waals surface area contributed by atoms with Crippen molar-refractivity contribution < 1.29 is 13.2 Å². The molecule has 2 heterocycles. The van der Waals surface area contributed by atoms with Gasteiger partial charge in [0.15, 0.2) is 0 Å². The van der Waals surface area contributed by atoms with Crippen molar-refractivity contribution in [2.24, 2.45) is 0 Å². The molecule has 0 bridgehead atoms. The van der Waals surface area contributed by atoms with Crippen LogP contribution in [0.15, 0.2) is 119 Å². The number of hydrogen-bond acceptors (Lipinski definition) is 5. The zero-order valence-corrected chi connectivity index (χ0v) is 25.3. The van der Waals surface area contributed by atoms with Crippen molar-refractivity contribution in [3.63, 3.8) is 0 Å². The molecule has 2 amide bonds. The number of para-hydroxylation sites is 1. The molecule has 6 nitrogen and oxygen atoms in total. The predicted octanol–water partition coefficient (Wildman–Crippen LogP) is 6.95. The summed E-state index contributed by atoms with van der Waals surface area (Å²) < 4.78 is 28.7. The second-order valence-electron chi connectivity index (χ2n) is 10.6. The average molecular weight is 608 g/mol. The van der Waals surface area contributed by atoms with Gasteiger partial charge in [0.05, 0.1) is 4.90 Å². The van der Waals surface area contributed by atoms with E-state index in [2.05, 4.69) is 75.6 Å². The zero-order valence-electron chi connectivity index (χ0n) is 23.7. The number of thiophene rings is 1. The molecule has 0 unspecified atom stereocenters. The number of rotatable bonds is 8. The lowest BCUT2D eigenvalue weighted by molar-refractivity contribution is 0.246. The van der Waals surface area contributed by atoms with Crippen LogP contribution in [-0.4, -0.2) is 21.0 Å². The van der Waals surface area contributed by atoms with Crippen molar-refractivity contribution in [1.29, 1.82) is 0 Å². The van der Waals surface area contributed by atoms with E-state index in [0.717, 1.165) is 41.9 Å². The van der Waals surface area contributed by atoms with Gasteiger partial charge in [0.25, 0.3) is 10.0 Å². The number of hydrogen-bond donors (Lipinski definition) is 2. The Hall–Kier alpha value is -4.40. The lowest BCUT2D eigenvalue weighted by Crippen LogP contribution is -2.40. The molecule has 8 heteroatoms. The molecular formula is C35H33N3O3S2. The third-order valence-corrected chi connectivity index (χ3v) is 10.1. The summed E-state index contributed by atoms with van der Waals surface area (Å²) in [4.78, 5) is 16.1. The van der Waals surface area contributed by atoms with E-state index in [1.807, 2.05) is 29.6 Å². The Morgan fingerprint density at radius 3 is 2.26 bits per heavy atom. The second kappa shape index (κ2) is 12.9. The van der Waals surface area contributed by atoms with E-state index in [1.165, 1.54) is 28.4 Å². The highest BCUT2D eigenvalue weighted by molar-refractivity contribution is 7.90. The minimum Gasteiger partial charge on any atom is -0.363 e. The molecule has 1 aliphatic rings. The van der Waals surface area contributed by atoms with Gasteiger partial charge in [-0.3, -0.25) is 0 Å². The maximum Gasteiger partial charge on any atom is 0.328 e. The van der Waals surface area contributed by atoms with E-state index < -0.39 is 16.1 Å². The standard InChI is InChI=1S/C35H33N3O3S2/c39-35(36-22-21-31-11-7-23-42-31)37-43(40,41)34-14-6-4-12-32(34)28-17-15-26(16-18-28)24-38-25-30-10-2-1-8-27(30)19-20-29-9-3-5-13-33(29)38/h1-18,23H,19-22,24-25H2,(H2,36,37,39). The van der Waals surface area contributed by atoms with Crippen molar-refractivity contribution in [2.75, 3.05) is 11.4 Å². The first-order valence-corrected chi connectivity index (χ1v) is 16.7. The van der Waals surface area contributed by atoms with E-state index in [9.17, 15) is 13.2 Å². The summed E-state index contributed by atoms with van der Waals surface area (Å²) in [5.41, 5.74) is 7.75. The summed E-state index contributed by atoms with van der Waals surface area (Å²) >= 11 is 1.60. The van der Waals surface area contributed by atoms with Crippen molar-refractivity contribution in [1.82, 2.24) is 10.0 Å². The largest absolute Gasteiger partial charge is 0.363 e. The number of sulfonamides is 1. The number of aryl methyl sites for hydroxylation is 2. The van der Waals surface area contributed by atoms with Gasteiger partial charge in [-0.15, -0.1) is 11.3 Å². The summed E-state index contributed by atoms with van der Waals surface area (Å²) in [6.45, 7) is 1.88. The van der Waals surface area contributed by atoms with Crippen molar-refractivity contribution in [2.45, 2.75) is 37.2 Å². The van der Waals surface area contributed by atoms with Gasteiger partial charge in [-0.25, -0.2) is 17.9 Å². The van der Waals surface area contributed by atoms with E-state index in [1.54, 1.807) is 29.5 Å². The molecule has 218 valence electrons. The van der Waals surface area contributed by atoms with Crippen LogP contribution in [0.5, 0.6) is 0 Å². The summed E-state index contributed by atoms with van der Waals surface area (Å²) in [6.07, 6.45) is 2.67. The maximum atomic E-state index is 13.3. The number of benzene rings is 4. The maximum absolute atomic E-state index is 13.3. The Morgan fingerprint density at radius 2 is 1.47 bits per heavy atom. The smallest absolute Gasteiger partial charge is 0.328 e. The lowest BCUT2D eigenvalue weighted by Gasteiger charge is -2.30. The summed E-state index contributed by atoms with van der Waals surface area (Å²) in [5, 5.41) is 4.62. The Bertz CT molecular complexity index is 1820. The Kier molecular flexibility index (Phi) is 8.58. The Balaban J connectivity index is 1.19. The van der Waals surface area contributed by atoms with E-state index in [-0.39, 0.29) is 4.90 Å². The van der Waals surface area contributed by atoms with Crippen LogP contribution in [-0.2, 0) is 42.4 Å². The quantitative estimate of drug-likeness (QED) is 0.200. The molecule has 1 aromatic heterocycles. The number of urea groups is 1. The molecule has 1 aliphatic heterocycles. The van der Waals surface area contributed by atoms with Gasteiger partial charge in [-0.05, 0) is 70.7 Å². The highest BCUT2D eigenvalue weighted by Crippen LogP contribution is 2.31. The number of fused-ring (bicyclic) bond motifs is 2. The SMILES string of the molecule is O=C(NCCc1cccs1)NS(=O)(=O)c1ccccc1-c1ccc(CN2Cc3ccccc3CCc3ccccc32)cc1. The predicted molar refractivity (Wildman–Crippen MR) is 174 cm³/mol. The van der Waals surface area contributed by atoms with Gasteiger partial charge in [0.2, 0.25) is 0 Å². The van der Waals surface area contributed by atoms with Crippen LogP contribution in [0.2, 0.25) is 0 Å². The molecule has 43 heavy (non-hydrogen) atoms. The molecule has 0 saturated heterocycles. The van der Waals surface area contributed by atoms with Crippen LogP contribution in [0.4, 0.5) is 10.5 Å². The normalized spacial score (nSPS) is 12.9. The molecule has 0 saturated carbocycles. The third kappa shape index (κ3) is 6.82. The first-order chi connectivity index (χ1) is 21.0. The summed E-state index contributed by atoms with van der Waals surface area (Å²) in [7, 11) is -4.09. The van der Waals surface area contributed by atoms with Crippen molar-refractivity contribution >= 4 is 33.1 Å². The minimum atomic E-state index is -4.09. The zero-order chi connectivity index (χ0) is 29.6. The molecule has 5 aromatic rings. The second-order valence-corrected chi connectivity index (χ2v) is 13.3. The monoisotopic (exact) mass is 607 g/mol. The topological polar surface area (TPSA) is 78.5 Å². The van der Waals surface area contributed by atoms with E-state index in [0.29, 0.717) is 18.5 Å². The molecule has 0 fully saturated rings. The number of carbonyl (C=O) groups is 1. The number of anilines is 1.